The van der Waals surface area contributed by atoms with Crippen LogP contribution in [0.25, 0.3) is 11.0 Å². The normalized spacial score (nSPS) is 11.0. The predicted molar refractivity (Wildman–Crippen MR) is 94.5 cm³/mol. The summed E-state index contributed by atoms with van der Waals surface area (Å²) in [6, 6.07) is 18.1. The minimum absolute atomic E-state index is 0.694. The zero-order valence-corrected chi connectivity index (χ0v) is 13.1. The molecule has 2 N–H and O–H groups in total. The van der Waals surface area contributed by atoms with E-state index in [0.29, 0.717) is 13.0 Å². The minimum Gasteiger partial charge on any atom is -0.399 e. The highest BCUT2D eigenvalue weighted by Crippen LogP contribution is 2.19. The first-order valence-corrected chi connectivity index (χ1v) is 7.83. The fraction of sp³-hybridized carbons (Fsp3) is 0.105. The van der Waals surface area contributed by atoms with E-state index in [-0.39, 0.29) is 0 Å². The van der Waals surface area contributed by atoms with E-state index in [1.165, 1.54) is 5.56 Å². The van der Waals surface area contributed by atoms with E-state index in [2.05, 4.69) is 33.3 Å². The van der Waals surface area contributed by atoms with Crippen LogP contribution in [-0.2, 0) is 13.0 Å². The van der Waals surface area contributed by atoms with Gasteiger partial charge in [0.05, 0.1) is 23.8 Å². The molecular formula is C19H17N5. The summed E-state index contributed by atoms with van der Waals surface area (Å²) in [7, 11) is 0. The second-order valence-corrected chi connectivity index (χ2v) is 5.77. The van der Waals surface area contributed by atoms with Crippen LogP contribution >= 0.6 is 0 Å². The topological polar surface area (TPSA) is 69.6 Å². The molecule has 0 aliphatic heterocycles. The van der Waals surface area contributed by atoms with Gasteiger partial charge >= 0.3 is 0 Å². The summed E-state index contributed by atoms with van der Waals surface area (Å²) in [5.74, 6) is 0. The quantitative estimate of drug-likeness (QED) is 0.588. The van der Waals surface area contributed by atoms with Crippen LogP contribution in [0.5, 0.6) is 0 Å². The lowest BCUT2D eigenvalue weighted by Crippen LogP contribution is -2.03. The van der Waals surface area contributed by atoms with Crippen LogP contribution in [0.4, 0.5) is 5.69 Å². The first-order chi connectivity index (χ1) is 11.8. The average molecular weight is 315 g/mol. The number of nitrogens with zero attached hydrogens (tertiary/aromatic N) is 4. The summed E-state index contributed by atoms with van der Waals surface area (Å²) < 4.78 is 1.91. The van der Waals surface area contributed by atoms with Crippen LogP contribution in [0.3, 0.4) is 0 Å². The van der Waals surface area contributed by atoms with Crippen molar-refractivity contribution in [3.05, 3.63) is 83.9 Å². The number of hydrogen-bond acceptors (Lipinski definition) is 4. The van der Waals surface area contributed by atoms with Gasteiger partial charge in [-0.2, -0.15) is 5.10 Å². The molecule has 2 aromatic carbocycles. The van der Waals surface area contributed by atoms with E-state index in [0.717, 1.165) is 28.0 Å². The lowest BCUT2D eigenvalue weighted by Gasteiger charge is -2.05. The Bertz CT molecular complexity index is 975. The summed E-state index contributed by atoms with van der Waals surface area (Å²) >= 11 is 0. The standard InChI is InChI=1S/C19H17N5/c20-16-8-4-7-15(9-16)10-18-17-11-23-24(19(17)22-13-21-18)12-14-5-2-1-3-6-14/h1-9,11,13H,10,12,20H2. The number of aromatic nitrogens is 4. The van der Waals surface area contributed by atoms with E-state index >= 15 is 0 Å². The molecule has 0 saturated heterocycles. The van der Waals surface area contributed by atoms with Crippen molar-refractivity contribution < 1.29 is 0 Å². The number of fused-ring (bicyclic) bond motifs is 1. The smallest absolute Gasteiger partial charge is 0.161 e. The monoisotopic (exact) mass is 315 g/mol. The molecule has 2 aromatic heterocycles. The Kier molecular flexibility index (Phi) is 3.67. The Labute approximate surface area is 139 Å². The van der Waals surface area contributed by atoms with Gasteiger partial charge in [-0.05, 0) is 23.3 Å². The number of nitrogen functional groups attached to an aromatic ring is 1. The molecular weight excluding hydrogens is 298 g/mol. The Hall–Kier alpha value is -3.21. The number of nitrogens with two attached hydrogens (primary N) is 1. The molecule has 24 heavy (non-hydrogen) atoms. The molecule has 0 fully saturated rings. The molecule has 4 rings (SSSR count). The zero-order chi connectivity index (χ0) is 16.4. The van der Waals surface area contributed by atoms with Gasteiger partial charge in [-0.3, -0.25) is 0 Å². The number of hydrogen-bond donors (Lipinski definition) is 1. The molecule has 0 unspecified atom stereocenters. The van der Waals surface area contributed by atoms with Crippen LogP contribution in [-0.4, -0.2) is 19.7 Å². The Morgan fingerprint density at radius 3 is 2.58 bits per heavy atom. The summed E-state index contributed by atoms with van der Waals surface area (Å²) in [4.78, 5) is 8.87. The lowest BCUT2D eigenvalue weighted by atomic mass is 10.1. The van der Waals surface area contributed by atoms with Gasteiger partial charge in [-0.15, -0.1) is 0 Å². The molecule has 0 atom stereocenters. The van der Waals surface area contributed by atoms with E-state index < -0.39 is 0 Å². The molecule has 5 heteroatoms. The van der Waals surface area contributed by atoms with Gasteiger partial charge in [0.15, 0.2) is 5.65 Å². The molecule has 0 saturated carbocycles. The van der Waals surface area contributed by atoms with Crippen molar-refractivity contribution in [1.29, 1.82) is 0 Å². The molecule has 5 nitrogen and oxygen atoms in total. The summed E-state index contributed by atoms with van der Waals surface area (Å²) in [6.07, 6.45) is 4.16. The van der Waals surface area contributed by atoms with Gasteiger partial charge in [0.25, 0.3) is 0 Å². The molecule has 4 aromatic rings. The summed E-state index contributed by atoms with van der Waals surface area (Å²) in [5.41, 5.74) is 10.8. The van der Waals surface area contributed by atoms with Crippen molar-refractivity contribution in [2.45, 2.75) is 13.0 Å². The minimum atomic E-state index is 0.694. The van der Waals surface area contributed by atoms with Crippen molar-refractivity contribution in [2.24, 2.45) is 0 Å². The highest BCUT2D eigenvalue weighted by molar-refractivity contribution is 5.77. The molecule has 0 aliphatic rings. The molecule has 2 heterocycles. The SMILES string of the molecule is Nc1cccc(Cc2ncnc3c2cnn3Cc2ccccc2)c1. The number of anilines is 1. The highest BCUT2D eigenvalue weighted by Gasteiger charge is 2.10. The van der Waals surface area contributed by atoms with Crippen molar-refractivity contribution in [3.8, 4) is 0 Å². The first kappa shape index (κ1) is 14.4. The van der Waals surface area contributed by atoms with E-state index in [1.807, 2.05) is 47.3 Å². The maximum absolute atomic E-state index is 5.87. The average Bonchev–Trinajstić information content (AvgIpc) is 3.00. The predicted octanol–water partition coefficient (Wildman–Crippen LogP) is 3.05. The van der Waals surface area contributed by atoms with Crippen LogP contribution < -0.4 is 5.73 Å². The third kappa shape index (κ3) is 2.84. The number of rotatable bonds is 4. The van der Waals surface area contributed by atoms with Crippen molar-refractivity contribution in [1.82, 2.24) is 19.7 Å². The number of benzene rings is 2. The fourth-order valence-electron chi connectivity index (χ4n) is 2.85. The molecule has 0 amide bonds. The van der Waals surface area contributed by atoms with Crippen LogP contribution in [0, 0.1) is 0 Å². The summed E-state index contributed by atoms with van der Waals surface area (Å²) in [6.45, 7) is 0.694. The van der Waals surface area contributed by atoms with Gasteiger partial charge < -0.3 is 5.73 Å². The fourth-order valence-corrected chi connectivity index (χ4v) is 2.85. The van der Waals surface area contributed by atoms with Crippen molar-refractivity contribution in [2.75, 3.05) is 5.73 Å². The molecule has 0 bridgehead atoms. The highest BCUT2D eigenvalue weighted by atomic mass is 15.3. The van der Waals surface area contributed by atoms with E-state index in [1.54, 1.807) is 6.33 Å². The first-order valence-electron chi connectivity index (χ1n) is 7.83. The second kappa shape index (κ2) is 6.12. The van der Waals surface area contributed by atoms with E-state index in [9.17, 15) is 0 Å². The van der Waals surface area contributed by atoms with Crippen LogP contribution in [0.15, 0.2) is 67.1 Å². The largest absolute Gasteiger partial charge is 0.399 e. The molecule has 0 aliphatic carbocycles. The van der Waals surface area contributed by atoms with Gasteiger partial charge in [0, 0.05) is 12.1 Å². The van der Waals surface area contributed by atoms with Crippen LogP contribution in [0.2, 0.25) is 0 Å². The van der Waals surface area contributed by atoms with Gasteiger partial charge in [-0.1, -0.05) is 42.5 Å². The molecule has 118 valence electrons. The third-order valence-corrected chi connectivity index (χ3v) is 4.01. The Balaban J connectivity index is 1.68. The molecule has 0 spiro atoms. The van der Waals surface area contributed by atoms with E-state index in [4.69, 9.17) is 5.73 Å². The lowest BCUT2D eigenvalue weighted by molar-refractivity contribution is 0.703. The maximum atomic E-state index is 5.87. The van der Waals surface area contributed by atoms with Gasteiger partial charge in [0.1, 0.15) is 6.33 Å². The van der Waals surface area contributed by atoms with Gasteiger partial charge in [0.2, 0.25) is 0 Å². The third-order valence-electron chi connectivity index (χ3n) is 4.01. The van der Waals surface area contributed by atoms with Gasteiger partial charge in [-0.25, -0.2) is 14.6 Å². The Morgan fingerprint density at radius 1 is 0.917 bits per heavy atom. The zero-order valence-electron chi connectivity index (χ0n) is 13.1. The maximum Gasteiger partial charge on any atom is 0.161 e. The Morgan fingerprint density at radius 2 is 1.75 bits per heavy atom. The molecule has 0 radical (unpaired) electrons. The van der Waals surface area contributed by atoms with Crippen LogP contribution in [0.1, 0.15) is 16.8 Å². The second-order valence-electron chi connectivity index (χ2n) is 5.77. The summed E-state index contributed by atoms with van der Waals surface area (Å²) in [5, 5.41) is 5.48. The van der Waals surface area contributed by atoms with Crippen molar-refractivity contribution in [3.63, 3.8) is 0 Å². The van der Waals surface area contributed by atoms with Crippen molar-refractivity contribution >= 4 is 16.7 Å².